The van der Waals surface area contributed by atoms with Crippen molar-refractivity contribution in [2.45, 2.75) is 13.0 Å². The summed E-state index contributed by atoms with van der Waals surface area (Å²) in [6.07, 6.45) is 5.62. The van der Waals surface area contributed by atoms with E-state index in [-0.39, 0.29) is 12.3 Å². The molecule has 1 amide bonds. The monoisotopic (exact) mass is 400 g/mol. The summed E-state index contributed by atoms with van der Waals surface area (Å²) in [5, 5.41) is 0.625. The maximum atomic E-state index is 12.5. The van der Waals surface area contributed by atoms with Crippen molar-refractivity contribution in [3.8, 4) is 23.8 Å². The van der Waals surface area contributed by atoms with Crippen LogP contribution in [0.1, 0.15) is 5.56 Å². The van der Waals surface area contributed by atoms with Gasteiger partial charge in [0.15, 0.2) is 16.3 Å². The highest BCUT2D eigenvalue weighted by Gasteiger charge is 2.10. The molecule has 138 valence electrons. The Morgan fingerprint density at radius 3 is 2.70 bits per heavy atom. The molecule has 1 heterocycles. The summed E-state index contributed by atoms with van der Waals surface area (Å²) in [6.45, 7) is 0.324. The number of methoxy groups -OCH3 is 2. The van der Waals surface area contributed by atoms with Crippen molar-refractivity contribution in [3.05, 3.63) is 51.8 Å². The lowest BCUT2D eigenvalue weighted by Gasteiger charge is -2.08. The number of aromatic nitrogens is 1. The molecule has 0 saturated carbocycles. The van der Waals surface area contributed by atoms with Crippen molar-refractivity contribution in [1.82, 2.24) is 4.57 Å². The third kappa shape index (κ3) is 4.16. The highest BCUT2D eigenvalue weighted by molar-refractivity contribution is 7.16. The first-order chi connectivity index (χ1) is 13.0. The minimum Gasteiger partial charge on any atom is -0.493 e. The van der Waals surface area contributed by atoms with Gasteiger partial charge in [0.05, 0.1) is 37.4 Å². The van der Waals surface area contributed by atoms with Crippen LogP contribution in [0.25, 0.3) is 10.2 Å². The van der Waals surface area contributed by atoms with Gasteiger partial charge in [0.25, 0.3) is 5.91 Å². The van der Waals surface area contributed by atoms with E-state index in [1.807, 2.05) is 22.8 Å². The molecule has 3 aromatic rings. The Morgan fingerprint density at radius 1 is 1.22 bits per heavy atom. The van der Waals surface area contributed by atoms with Crippen molar-refractivity contribution < 1.29 is 14.3 Å². The molecule has 0 radical (unpaired) electrons. The van der Waals surface area contributed by atoms with Crippen LogP contribution in [0.4, 0.5) is 0 Å². The normalized spacial score (nSPS) is 11.4. The smallest absolute Gasteiger partial charge is 0.252 e. The van der Waals surface area contributed by atoms with E-state index in [0.717, 1.165) is 15.8 Å². The number of terminal acetylenes is 1. The van der Waals surface area contributed by atoms with Gasteiger partial charge in [0, 0.05) is 5.02 Å². The van der Waals surface area contributed by atoms with Crippen LogP contribution in [0.2, 0.25) is 5.02 Å². The van der Waals surface area contributed by atoms with Crippen LogP contribution in [0.5, 0.6) is 11.5 Å². The zero-order valence-electron chi connectivity index (χ0n) is 14.9. The number of benzene rings is 2. The van der Waals surface area contributed by atoms with E-state index in [4.69, 9.17) is 27.5 Å². The Balaban J connectivity index is 1.95. The van der Waals surface area contributed by atoms with Gasteiger partial charge in [-0.1, -0.05) is 34.9 Å². The summed E-state index contributed by atoms with van der Waals surface area (Å²) in [5.41, 5.74) is 1.69. The Bertz CT molecular complexity index is 1110. The zero-order valence-corrected chi connectivity index (χ0v) is 16.4. The number of hydrogen-bond acceptors (Lipinski definition) is 4. The van der Waals surface area contributed by atoms with Crippen LogP contribution < -0.4 is 14.3 Å². The summed E-state index contributed by atoms with van der Waals surface area (Å²) >= 11 is 7.44. The lowest BCUT2D eigenvalue weighted by molar-refractivity contribution is -0.117. The molecule has 0 spiro atoms. The van der Waals surface area contributed by atoms with Crippen molar-refractivity contribution >= 4 is 39.1 Å². The third-order valence-corrected chi connectivity index (χ3v) is 5.19. The predicted molar refractivity (Wildman–Crippen MR) is 107 cm³/mol. The van der Waals surface area contributed by atoms with Gasteiger partial charge < -0.3 is 14.0 Å². The number of fused-ring (bicyclic) bond motifs is 1. The first-order valence-electron chi connectivity index (χ1n) is 8.06. The molecule has 0 aliphatic heterocycles. The largest absolute Gasteiger partial charge is 0.493 e. The minimum absolute atomic E-state index is 0.144. The molecule has 2 aromatic carbocycles. The van der Waals surface area contributed by atoms with Crippen LogP contribution in [0.15, 0.2) is 41.4 Å². The van der Waals surface area contributed by atoms with Crippen LogP contribution in [0, 0.1) is 12.3 Å². The van der Waals surface area contributed by atoms with Gasteiger partial charge in [-0.15, -0.1) is 6.42 Å². The van der Waals surface area contributed by atoms with E-state index in [1.165, 1.54) is 11.3 Å². The molecular weight excluding hydrogens is 384 g/mol. The molecule has 0 unspecified atom stereocenters. The molecule has 0 aliphatic carbocycles. The van der Waals surface area contributed by atoms with Crippen molar-refractivity contribution in [2.24, 2.45) is 4.99 Å². The van der Waals surface area contributed by atoms with E-state index in [1.54, 1.807) is 32.4 Å². The summed E-state index contributed by atoms with van der Waals surface area (Å²) in [7, 11) is 3.12. The average molecular weight is 401 g/mol. The maximum Gasteiger partial charge on any atom is 0.252 e. The number of carbonyl (C=O) groups is 1. The topological polar surface area (TPSA) is 52.8 Å². The van der Waals surface area contributed by atoms with Gasteiger partial charge in [0.1, 0.15) is 0 Å². The summed E-state index contributed by atoms with van der Waals surface area (Å²) in [4.78, 5) is 17.3. The zero-order chi connectivity index (χ0) is 19.4. The van der Waals surface area contributed by atoms with Gasteiger partial charge >= 0.3 is 0 Å². The van der Waals surface area contributed by atoms with Gasteiger partial charge in [-0.3, -0.25) is 4.79 Å². The number of carbonyl (C=O) groups excluding carboxylic acids is 1. The van der Waals surface area contributed by atoms with E-state index < -0.39 is 0 Å². The van der Waals surface area contributed by atoms with Crippen LogP contribution in [0.3, 0.4) is 0 Å². The highest BCUT2D eigenvalue weighted by Crippen LogP contribution is 2.28. The molecule has 0 fully saturated rings. The maximum absolute atomic E-state index is 12.5. The van der Waals surface area contributed by atoms with Gasteiger partial charge in [0.2, 0.25) is 0 Å². The quantitative estimate of drug-likeness (QED) is 0.614. The Labute approximate surface area is 165 Å². The fraction of sp³-hybridized carbons (Fsp3) is 0.200. The van der Waals surface area contributed by atoms with Crippen LogP contribution >= 0.6 is 22.9 Å². The first-order valence-corrected chi connectivity index (χ1v) is 9.26. The van der Waals surface area contributed by atoms with E-state index in [0.29, 0.717) is 27.9 Å². The molecule has 7 heteroatoms. The van der Waals surface area contributed by atoms with Gasteiger partial charge in [-0.2, -0.15) is 4.99 Å². The molecule has 0 atom stereocenters. The molecule has 5 nitrogen and oxygen atoms in total. The second-order valence-corrected chi connectivity index (χ2v) is 7.10. The molecule has 3 rings (SSSR count). The second-order valence-electron chi connectivity index (χ2n) is 5.66. The van der Waals surface area contributed by atoms with Crippen molar-refractivity contribution in [1.29, 1.82) is 0 Å². The Hall–Kier alpha value is -2.75. The molecule has 27 heavy (non-hydrogen) atoms. The summed E-state index contributed by atoms with van der Waals surface area (Å²) < 4.78 is 13.3. The van der Waals surface area contributed by atoms with Gasteiger partial charge in [-0.25, -0.2) is 0 Å². The van der Waals surface area contributed by atoms with Crippen LogP contribution in [-0.4, -0.2) is 24.7 Å². The Morgan fingerprint density at radius 2 is 2.00 bits per heavy atom. The standard InChI is InChI=1S/C20H17ClN2O3S/c1-4-9-23-15-7-6-14(21)12-18(15)27-20(23)22-19(24)11-13-5-8-16(25-2)17(10-13)26-3/h1,5-8,10,12H,9,11H2,2-3H3. The number of thiazole rings is 1. The molecular formula is C20H17ClN2O3S. The number of nitrogens with zero attached hydrogens (tertiary/aromatic N) is 2. The van der Waals surface area contributed by atoms with Gasteiger partial charge in [-0.05, 0) is 35.9 Å². The number of rotatable bonds is 5. The summed E-state index contributed by atoms with van der Waals surface area (Å²) in [6, 6.07) is 10.9. The predicted octanol–water partition coefficient (Wildman–Crippen LogP) is 3.68. The number of ether oxygens (including phenoxy) is 2. The van der Waals surface area contributed by atoms with Crippen LogP contribution in [-0.2, 0) is 17.8 Å². The molecule has 0 N–H and O–H groups in total. The first kappa shape index (κ1) is 19.0. The fourth-order valence-electron chi connectivity index (χ4n) is 2.69. The fourth-order valence-corrected chi connectivity index (χ4v) is 4.01. The average Bonchev–Trinajstić information content (AvgIpc) is 2.98. The van der Waals surface area contributed by atoms with Crippen molar-refractivity contribution in [3.63, 3.8) is 0 Å². The van der Waals surface area contributed by atoms with E-state index in [2.05, 4.69) is 10.9 Å². The number of amides is 1. The van der Waals surface area contributed by atoms with E-state index >= 15 is 0 Å². The number of halogens is 1. The summed E-state index contributed by atoms with van der Waals surface area (Å²) in [5.74, 6) is 3.51. The van der Waals surface area contributed by atoms with E-state index in [9.17, 15) is 4.79 Å². The lowest BCUT2D eigenvalue weighted by atomic mass is 10.1. The highest BCUT2D eigenvalue weighted by atomic mass is 35.5. The molecule has 0 saturated heterocycles. The third-order valence-electron chi connectivity index (χ3n) is 3.92. The molecule has 1 aromatic heterocycles. The number of hydrogen-bond donors (Lipinski definition) is 0. The lowest BCUT2D eigenvalue weighted by Crippen LogP contribution is -2.17. The Kier molecular flexibility index (Phi) is 5.84. The SMILES string of the molecule is C#CCn1c(=NC(=O)Cc2ccc(OC)c(OC)c2)sc2cc(Cl)ccc21. The minimum atomic E-state index is -0.273. The molecule has 0 aliphatic rings. The molecule has 0 bridgehead atoms. The second kappa shape index (κ2) is 8.30. The van der Waals surface area contributed by atoms with Crippen molar-refractivity contribution in [2.75, 3.05) is 14.2 Å².